The van der Waals surface area contributed by atoms with Crippen LogP contribution >= 0.6 is 0 Å². The Morgan fingerprint density at radius 3 is 2.46 bits per heavy atom. The van der Waals surface area contributed by atoms with Crippen LogP contribution in [0.1, 0.15) is 27.7 Å². The molecule has 6 nitrogen and oxygen atoms in total. The van der Waals surface area contributed by atoms with Crippen molar-refractivity contribution in [3.63, 3.8) is 0 Å². The minimum Gasteiger partial charge on any atom is -0.439 e. The van der Waals surface area contributed by atoms with E-state index in [0.29, 0.717) is 17.2 Å². The van der Waals surface area contributed by atoms with E-state index >= 15 is 0 Å². The van der Waals surface area contributed by atoms with Crippen molar-refractivity contribution >= 4 is 23.2 Å². The molecule has 0 spiro atoms. The lowest BCUT2D eigenvalue weighted by Gasteiger charge is -2.12. The van der Waals surface area contributed by atoms with Gasteiger partial charge in [-0.1, -0.05) is 39.8 Å². The summed E-state index contributed by atoms with van der Waals surface area (Å²) in [5.41, 5.74) is 2.00. The van der Waals surface area contributed by atoms with Crippen molar-refractivity contribution < 1.29 is 14.3 Å². The van der Waals surface area contributed by atoms with Gasteiger partial charge in [0.2, 0.25) is 0 Å². The highest BCUT2D eigenvalue weighted by molar-refractivity contribution is 6.28. The molecule has 0 aliphatic carbocycles. The smallest absolute Gasteiger partial charge is 0.283 e. The second-order valence-corrected chi connectivity index (χ2v) is 6.96. The Kier molecular flexibility index (Phi) is 4.68. The third kappa shape index (κ3) is 3.03. The molecule has 0 bridgehead atoms. The maximum atomic E-state index is 12.7. The lowest BCUT2D eigenvalue weighted by Crippen LogP contribution is -2.32. The first kappa shape index (κ1) is 17.9. The summed E-state index contributed by atoms with van der Waals surface area (Å²) in [5.74, 6) is 0.420. The van der Waals surface area contributed by atoms with E-state index in [0.717, 1.165) is 16.4 Å². The molecule has 0 atom stereocenters. The van der Waals surface area contributed by atoms with Gasteiger partial charge in [-0.25, -0.2) is 0 Å². The number of para-hydroxylation sites is 2. The lowest BCUT2D eigenvalue weighted by atomic mass is 10.00. The molecule has 2 aliphatic rings. The number of rotatable bonds is 3. The highest BCUT2D eigenvalue weighted by atomic mass is 16.5. The molecular weight excluding hydrogens is 330 g/mol. The van der Waals surface area contributed by atoms with E-state index in [1.807, 2.05) is 50.1 Å². The Bertz CT molecular complexity index is 850. The Labute approximate surface area is 153 Å². The molecule has 2 amide bonds. The zero-order valence-corrected chi connectivity index (χ0v) is 15.7. The minimum atomic E-state index is -0.387. The number of amides is 2. The molecule has 0 saturated carbocycles. The van der Waals surface area contributed by atoms with E-state index < -0.39 is 0 Å². The molecule has 0 fully saturated rings. The molecule has 1 aromatic carbocycles. The molecule has 0 aromatic heterocycles. The van der Waals surface area contributed by atoms with Gasteiger partial charge in [0.05, 0.1) is 17.0 Å². The van der Waals surface area contributed by atoms with Crippen molar-refractivity contribution in [2.75, 3.05) is 11.9 Å². The number of nitrogens with zero attached hydrogens (tertiary/aromatic N) is 3. The predicted octanol–water partition coefficient (Wildman–Crippen LogP) is 3.32. The maximum absolute atomic E-state index is 12.7. The number of benzene rings is 1. The largest absolute Gasteiger partial charge is 0.439 e. The van der Waals surface area contributed by atoms with E-state index in [-0.39, 0.29) is 23.7 Å². The van der Waals surface area contributed by atoms with Gasteiger partial charge in [0.25, 0.3) is 11.8 Å². The van der Waals surface area contributed by atoms with Crippen molar-refractivity contribution in [1.82, 2.24) is 5.01 Å². The highest BCUT2D eigenvalue weighted by Gasteiger charge is 2.36. The number of hydrogen-bond donors (Lipinski definition) is 0. The number of fused-ring (bicyclic) bond motifs is 1. The van der Waals surface area contributed by atoms with Crippen molar-refractivity contribution in [3.05, 3.63) is 47.9 Å². The average molecular weight is 353 g/mol. The molecule has 6 heteroatoms. The van der Waals surface area contributed by atoms with Crippen LogP contribution in [0, 0.1) is 11.8 Å². The molecule has 0 N–H and O–H groups in total. The van der Waals surface area contributed by atoms with Gasteiger partial charge < -0.3 is 9.64 Å². The van der Waals surface area contributed by atoms with E-state index in [1.165, 1.54) is 0 Å². The van der Waals surface area contributed by atoms with Gasteiger partial charge in [-0.05, 0) is 30.2 Å². The monoisotopic (exact) mass is 353 g/mol. The number of allylic oxidation sites excluding steroid dienone is 2. The Morgan fingerprint density at radius 2 is 1.85 bits per heavy atom. The molecule has 0 radical (unpaired) electrons. The number of anilines is 1. The second kappa shape index (κ2) is 6.78. The summed E-state index contributed by atoms with van der Waals surface area (Å²) in [4.78, 5) is 26.9. The van der Waals surface area contributed by atoms with Crippen molar-refractivity contribution in [1.29, 1.82) is 0 Å². The van der Waals surface area contributed by atoms with Crippen molar-refractivity contribution in [2.24, 2.45) is 16.9 Å². The summed E-state index contributed by atoms with van der Waals surface area (Å²) in [6.07, 6.45) is 3.43. The van der Waals surface area contributed by atoms with Gasteiger partial charge >= 0.3 is 0 Å². The van der Waals surface area contributed by atoms with Gasteiger partial charge in [-0.2, -0.15) is 10.1 Å². The van der Waals surface area contributed by atoms with E-state index in [2.05, 4.69) is 5.10 Å². The van der Waals surface area contributed by atoms with Crippen LogP contribution in [0.25, 0.3) is 0 Å². The number of ether oxygens (including phenoxy) is 1. The highest BCUT2D eigenvalue weighted by Crippen LogP contribution is 2.37. The van der Waals surface area contributed by atoms with Crippen molar-refractivity contribution in [3.8, 4) is 5.75 Å². The molecule has 0 unspecified atom stereocenters. The maximum Gasteiger partial charge on any atom is 0.283 e. The standard InChI is InChI=1S/C20H23N3O3/c1-12(2)18-14(20(25)23(21-18)19(24)13(3)4)10-11-17-22(5)15-8-6-7-9-16(15)26-17/h6-13H,1-5H3/b14-10+,17-11+. The predicted molar refractivity (Wildman–Crippen MR) is 101 cm³/mol. The van der Waals surface area contributed by atoms with Crippen LogP contribution in [0.15, 0.2) is 53.0 Å². The van der Waals surface area contributed by atoms with Crippen LogP contribution in [-0.4, -0.2) is 29.6 Å². The summed E-state index contributed by atoms with van der Waals surface area (Å²) in [7, 11) is 1.90. The summed E-state index contributed by atoms with van der Waals surface area (Å²) in [6.45, 7) is 7.40. The zero-order valence-electron chi connectivity index (χ0n) is 15.7. The summed E-state index contributed by atoms with van der Waals surface area (Å²) >= 11 is 0. The summed E-state index contributed by atoms with van der Waals surface area (Å²) in [5, 5.41) is 5.26. The molecule has 3 rings (SSSR count). The van der Waals surface area contributed by atoms with Crippen LogP contribution in [0.5, 0.6) is 5.75 Å². The third-order valence-electron chi connectivity index (χ3n) is 4.32. The Balaban J connectivity index is 1.92. The number of hydrogen-bond acceptors (Lipinski definition) is 5. The van der Waals surface area contributed by atoms with E-state index in [9.17, 15) is 9.59 Å². The first-order valence-corrected chi connectivity index (χ1v) is 8.71. The molecular formula is C20H23N3O3. The van der Waals surface area contributed by atoms with Crippen LogP contribution in [0.4, 0.5) is 5.69 Å². The molecule has 1 aromatic rings. The average Bonchev–Trinajstić information content (AvgIpc) is 3.10. The zero-order chi connectivity index (χ0) is 19.0. The van der Waals surface area contributed by atoms with Gasteiger partial charge in [-0.3, -0.25) is 9.59 Å². The molecule has 26 heavy (non-hydrogen) atoms. The fourth-order valence-corrected chi connectivity index (χ4v) is 2.83. The van der Waals surface area contributed by atoms with Crippen LogP contribution in [0.3, 0.4) is 0 Å². The van der Waals surface area contributed by atoms with Gasteiger partial charge in [0, 0.05) is 13.0 Å². The summed E-state index contributed by atoms with van der Waals surface area (Å²) < 4.78 is 5.83. The normalized spacial score (nSPS) is 19.7. The number of carbonyl (C=O) groups is 2. The van der Waals surface area contributed by atoms with E-state index in [1.54, 1.807) is 26.0 Å². The quantitative estimate of drug-likeness (QED) is 0.782. The lowest BCUT2D eigenvalue weighted by molar-refractivity contribution is -0.143. The second-order valence-electron chi connectivity index (χ2n) is 6.96. The van der Waals surface area contributed by atoms with Gasteiger partial charge in [-0.15, -0.1) is 0 Å². The Morgan fingerprint density at radius 1 is 1.15 bits per heavy atom. The molecule has 2 heterocycles. The van der Waals surface area contributed by atoms with Crippen LogP contribution < -0.4 is 9.64 Å². The fourth-order valence-electron chi connectivity index (χ4n) is 2.83. The van der Waals surface area contributed by atoms with Gasteiger partial charge in [0.15, 0.2) is 11.6 Å². The third-order valence-corrected chi connectivity index (χ3v) is 4.32. The summed E-state index contributed by atoms with van der Waals surface area (Å²) in [6, 6.07) is 7.71. The number of hydrazone groups is 1. The first-order valence-electron chi connectivity index (χ1n) is 8.71. The minimum absolute atomic E-state index is 0.0213. The van der Waals surface area contributed by atoms with Gasteiger partial charge in [0.1, 0.15) is 0 Å². The fraction of sp³-hybridized carbons (Fsp3) is 0.350. The van der Waals surface area contributed by atoms with E-state index in [4.69, 9.17) is 4.74 Å². The topological polar surface area (TPSA) is 62.2 Å². The Hall–Kier alpha value is -2.89. The molecule has 2 aliphatic heterocycles. The van der Waals surface area contributed by atoms with Crippen LogP contribution in [0.2, 0.25) is 0 Å². The number of imide groups is 1. The SMILES string of the molecule is CC(C)C(=O)N1N=C(C(C)C)/C(=C\C=C2\Oc3ccccc3N2C)C1=O. The molecule has 136 valence electrons. The van der Waals surface area contributed by atoms with Crippen LogP contribution in [-0.2, 0) is 9.59 Å². The number of carbonyl (C=O) groups excluding carboxylic acids is 2. The van der Waals surface area contributed by atoms with Crippen molar-refractivity contribution in [2.45, 2.75) is 27.7 Å². The molecule has 0 saturated heterocycles. The first-order chi connectivity index (χ1) is 12.3.